The summed E-state index contributed by atoms with van der Waals surface area (Å²) in [6.07, 6.45) is 2.43. The van der Waals surface area contributed by atoms with E-state index >= 15 is 0 Å². The molecule has 0 aliphatic rings. The Bertz CT molecular complexity index is 274. The smallest absolute Gasteiger partial charge is 0.134 e. The highest BCUT2D eigenvalue weighted by atomic mass is 32.1. The standard InChI is InChI=1S/C6H8N4S/c1-10-4-8-9-6(10)2-3-7-5-11/h4H,2-3H2,1H3. The lowest BCUT2D eigenvalue weighted by Gasteiger charge is -1.94. The van der Waals surface area contributed by atoms with Crippen molar-refractivity contribution in [3.63, 3.8) is 0 Å². The van der Waals surface area contributed by atoms with E-state index in [0.29, 0.717) is 6.54 Å². The zero-order valence-corrected chi connectivity index (χ0v) is 7.01. The van der Waals surface area contributed by atoms with Gasteiger partial charge in [0.15, 0.2) is 0 Å². The van der Waals surface area contributed by atoms with Gasteiger partial charge >= 0.3 is 0 Å². The van der Waals surface area contributed by atoms with E-state index in [2.05, 4.69) is 32.6 Å². The monoisotopic (exact) mass is 168 g/mol. The van der Waals surface area contributed by atoms with E-state index in [-0.39, 0.29) is 0 Å². The first-order valence-corrected chi connectivity index (χ1v) is 3.62. The molecule has 0 amide bonds. The Labute approximate surface area is 70.0 Å². The number of hydrogen-bond donors (Lipinski definition) is 0. The lowest BCUT2D eigenvalue weighted by atomic mass is 10.4. The molecule has 4 nitrogen and oxygen atoms in total. The number of aryl methyl sites for hydroxylation is 1. The third-order valence-electron chi connectivity index (χ3n) is 1.32. The quantitative estimate of drug-likeness (QED) is 0.486. The number of aromatic nitrogens is 3. The molecule has 0 atom stereocenters. The van der Waals surface area contributed by atoms with Crippen molar-refractivity contribution in [2.45, 2.75) is 6.42 Å². The van der Waals surface area contributed by atoms with Crippen molar-refractivity contribution in [1.82, 2.24) is 14.8 Å². The molecule has 0 aliphatic carbocycles. The molecule has 0 bridgehead atoms. The maximum atomic E-state index is 4.42. The Morgan fingerprint density at radius 1 is 1.82 bits per heavy atom. The Morgan fingerprint density at radius 3 is 3.18 bits per heavy atom. The van der Waals surface area contributed by atoms with Crippen LogP contribution in [0.15, 0.2) is 11.3 Å². The van der Waals surface area contributed by atoms with Gasteiger partial charge in [-0.05, 0) is 12.2 Å². The van der Waals surface area contributed by atoms with Gasteiger partial charge in [-0.25, -0.2) is 4.99 Å². The zero-order chi connectivity index (χ0) is 8.10. The molecule has 58 valence electrons. The minimum absolute atomic E-state index is 0.635. The molecule has 0 aliphatic heterocycles. The molecule has 0 saturated carbocycles. The van der Waals surface area contributed by atoms with E-state index in [1.54, 1.807) is 6.33 Å². The second kappa shape index (κ2) is 3.95. The van der Waals surface area contributed by atoms with Gasteiger partial charge in [0.25, 0.3) is 0 Å². The van der Waals surface area contributed by atoms with Crippen LogP contribution in [0, 0.1) is 0 Å². The topological polar surface area (TPSA) is 43.1 Å². The van der Waals surface area contributed by atoms with Crippen molar-refractivity contribution in [3.8, 4) is 0 Å². The summed E-state index contributed by atoms with van der Waals surface area (Å²) in [6.45, 7) is 0.635. The number of nitrogens with zero attached hydrogens (tertiary/aromatic N) is 4. The summed E-state index contributed by atoms with van der Waals surface area (Å²) in [5, 5.41) is 9.90. The SMILES string of the molecule is Cn1cnnc1CCN=C=S. The van der Waals surface area contributed by atoms with E-state index in [9.17, 15) is 0 Å². The summed E-state index contributed by atoms with van der Waals surface area (Å²) in [5.41, 5.74) is 0. The average Bonchev–Trinajstić information content (AvgIpc) is 2.37. The number of thiocarbonyl (C=S) groups is 1. The Kier molecular flexibility index (Phi) is 2.89. The van der Waals surface area contributed by atoms with Crippen LogP contribution in [0.5, 0.6) is 0 Å². The minimum atomic E-state index is 0.635. The van der Waals surface area contributed by atoms with Gasteiger partial charge in [-0.3, -0.25) is 0 Å². The van der Waals surface area contributed by atoms with Gasteiger partial charge in [-0.2, -0.15) is 0 Å². The van der Waals surface area contributed by atoms with Gasteiger partial charge < -0.3 is 4.57 Å². The molecular weight excluding hydrogens is 160 g/mol. The summed E-state index contributed by atoms with van der Waals surface area (Å²) in [4.78, 5) is 3.77. The van der Waals surface area contributed by atoms with Crippen LogP contribution in [0.2, 0.25) is 0 Å². The molecule has 1 heterocycles. The predicted molar refractivity (Wildman–Crippen MR) is 44.6 cm³/mol. The molecule has 0 radical (unpaired) electrons. The summed E-state index contributed by atoms with van der Waals surface area (Å²) in [6, 6.07) is 0. The van der Waals surface area contributed by atoms with Crippen molar-refractivity contribution >= 4 is 17.4 Å². The average molecular weight is 168 g/mol. The Morgan fingerprint density at radius 2 is 2.64 bits per heavy atom. The van der Waals surface area contributed by atoms with E-state index in [4.69, 9.17) is 0 Å². The first-order chi connectivity index (χ1) is 5.34. The number of rotatable bonds is 3. The first-order valence-electron chi connectivity index (χ1n) is 3.21. The molecule has 5 heteroatoms. The van der Waals surface area contributed by atoms with Crippen molar-refractivity contribution < 1.29 is 0 Å². The molecule has 0 aromatic carbocycles. The van der Waals surface area contributed by atoms with Crippen LogP contribution < -0.4 is 0 Å². The zero-order valence-electron chi connectivity index (χ0n) is 6.19. The third-order valence-corrected chi connectivity index (χ3v) is 1.45. The molecular formula is C6H8N4S. The van der Waals surface area contributed by atoms with Crippen LogP contribution in [0.1, 0.15) is 5.82 Å². The van der Waals surface area contributed by atoms with Crippen molar-refractivity contribution in [1.29, 1.82) is 0 Å². The van der Waals surface area contributed by atoms with Gasteiger partial charge in [0, 0.05) is 13.5 Å². The van der Waals surface area contributed by atoms with Gasteiger partial charge in [-0.15, -0.1) is 10.2 Å². The molecule has 1 aromatic rings. The molecule has 1 aromatic heterocycles. The lowest BCUT2D eigenvalue weighted by Crippen LogP contribution is -1.98. The lowest BCUT2D eigenvalue weighted by molar-refractivity contribution is 0.778. The van der Waals surface area contributed by atoms with Crippen LogP contribution in [0.25, 0.3) is 0 Å². The van der Waals surface area contributed by atoms with Crippen LogP contribution in [0.4, 0.5) is 0 Å². The second-order valence-corrected chi connectivity index (χ2v) is 2.26. The molecule has 0 saturated heterocycles. The Balaban J connectivity index is 2.50. The van der Waals surface area contributed by atoms with E-state index in [1.165, 1.54) is 0 Å². The maximum Gasteiger partial charge on any atom is 0.134 e. The fourth-order valence-electron chi connectivity index (χ4n) is 0.735. The van der Waals surface area contributed by atoms with Crippen LogP contribution in [-0.2, 0) is 13.5 Å². The second-order valence-electron chi connectivity index (χ2n) is 2.08. The number of isothiocyanates is 1. The summed E-state index contributed by atoms with van der Waals surface area (Å²) in [5.74, 6) is 0.916. The molecule has 0 N–H and O–H groups in total. The highest BCUT2D eigenvalue weighted by Gasteiger charge is 1.97. The number of hydrogen-bond acceptors (Lipinski definition) is 4. The van der Waals surface area contributed by atoms with Gasteiger partial charge in [0.05, 0.1) is 11.7 Å². The van der Waals surface area contributed by atoms with Crippen molar-refractivity contribution in [2.75, 3.05) is 6.54 Å². The van der Waals surface area contributed by atoms with Crippen molar-refractivity contribution in [3.05, 3.63) is 12.2 Å². The summed E-state index contributed by atoms with van der Waals surface area (Å²) >= 11 is 4.42. The summed E-state index contributed by atoms with van der Waals surface area (Å²) in [7, 11) is 1.90. The van der Waals surface area contributed by atoms with Crippen molar-refractivity contribution in [2.24, 2.45) is 12.0 Å². The Hall–Kier alpha value is -1.06. The molecule has 0 unspecified atom stereocenters. The number of aliphatic imine (C=N–C) groups is 1. The maximum absolute atomic E-state index is 4.42. The molecule has 1 rings (SSSR count). The molecule has 11 heavy (non-hydrogen) atoms. The summed E-state index contributed by atoms with van der Waals surface area (Å²) < 4.78 is 1.86. The normalized spacial score (nSPS) is 9.18. The first kappa shape index (κ1) is 8.04. The van der Waals surface area contributed by atoms with E-state index in [0.717, 1.165) is 12.2 Å². The van der Waals surface area contributed by atoms with E-state index in [1.807, 2.05) is 11.6 Å². The van der Waals surface area contributed by atoms with Crippen LogP contribution in [-0.4, -0.2) is 26.5 Å². The van der Waals surface area contributed by atoms with Gasteiger partial charge in [-0.1, -0.05) is 0 Å². The predicted octanol–water partition coefficient (Wildman–Crippen LogP) is 0.460. The highest BCUT2D eigenvalue weighted by molar-refractivity contribution is 7.78. The molecule has 0 fully saturated rings. The van der Waals surface area contributed by atoms with Crippen LogP contribution >= 0.6 is 12.2 Å². The fourth-order valence-corrected chi connectivity index (χ4v) is 0.826. The van der Waals surface area contributed by atoms with Gasteiger partial charge in [0.1, 0.15) is 12.2 Å². The minimum Gasteiger partial charge on any atom is -0.321 e. The van der Waals surface area contributed by atoms with Crippen LogP contribution in [0.3, 0.4) is 0 Å². The highest BCUT2D eigenvalue weighted by Crippen LogP contribution is 1.91. The fraction of sp³-hybridized carbons (Fsp3) is 0.500. The largest absolute Gasteiger partial charge is 0.321 e. The van der Waals surface area contributed by atoms with Gasteiger partial charge in [0.2, 0.25) is 0 Å². The third kappa shape index (κ3) is 2.22. The van der Waals surface area contributed by atoms with E-state index < -0.39 is 0 Å². The molecule has 0 spiro atoms.